The van der Waals surface area contributed by atoms with Crippen LogP contribution in [0.2, 0.25) is 0 Å². The molecular formula is C16H18N2O4S2. The molecule has 2 heterocycles. The lowest BCUT2D eigenvalue weighted by Gasteiger charge is -2.34. The Bertz CT molecular complexity index is 889. The first-order valence-electron chi connectivity index (χ1n) is 7.70. The largest absolute Gasteiger partial charge is 0.273 e. The average Bonchev–Trinajstić information content (AvgIpc) is 3.02. The maximum atomic E-state index is 13.2. The first-order chi connectivity index (χ1) is 11.4. The molecule has 1 unspecified atom stereocenters. The summed E-state index contributed by atoms with van der Waals surface area (Å²) in [5.41, 5.74) is 1.08. The van der Waals surface area contributed by atoms with Crippen LogP contribution in [0.1, 0.15) is 35.4 Å². The summed E-state index contributed by atoms with van der Waals surface area (Å²) in [6.45, 7) is 3.85. The number of sulfonamides is 1. The van der Waals surface area contributed by atoms with Crippen molar-refractivity contribution in [2.45, 2.75) is 37.6 Å². The Kier molecular flexibility index (Phi) is 4.46. The van der Waals surface area contributed by atoms with Crippen molar-refractivity contribution in [3.05, 3.63) is 55.8 Å². The van der Waals surface area contributed by atoms with Crippen LogP contribution in [0.4, 0.5) is 5.69 Å². The normalized spacial score (nSPS) is 18.3. The lowest BCUT2D eigenvalue weighted by atomic mass is 10.0. The molecule has 1 aromatic carbocycles. The summed E-state index contributed by atoms with van der Waals surface area (Å²) in [4.78, 5) is 11.8. The number of nitro groups is 1. The van der Waals surface area contributed by atoms with E-state index in [0.29, 0.717) is 19.4 Å². The van der Waals surface area contributed by atoms with Crippen LogP contribution in [0, 0.1) is 17.0 Å². The van der Waals surface area contributed by atoms with Gasteiger partial charge in [-0.15, -0.1) is 11.3 Å². The molecule has 0 amide bonds. The Morgan fingerprint density at radius 3 is 2.79 bits per heavy atom. The molecule has 0 spiro atoms. The number of rotatable bonds is 4. The molecule has 0 bridgehead atoms. The van der Waals surface area contributed by atoms with Crippen molar-refractivity contribution in [3.8, 4) is 0 Å². The van der Waals surface area contributed by atoms with E-state index in [1.807, 2.05) is 18.4 Å². The van der Waals surface area contributed by atoms with Gasteiger partial charge in [-0.3, -0.25) is 10.1 Å². The fourth-order valence-corrected chi connectivity index (χ4v) is 6.14. The Hall–Kier alpha value is -1.77. The number of nitrogens with zero attached hydrogens (tertiary/aromatic N) is 2. The third-order valence-electron chi connectivity index (χ3n) is 4.47. The highest BCUT2D eigenvalue weighted by atomic mass is 32.2. The van der Waals surface area contributed by atoms with Crippen molar-refractivity contribution >= 4 is 27.0 Å². The van der Waals surface area contributed by atoms with Crippen molar-refractivity contribution in [2.75, 3.05) is 6.54 Å². The second-order valence-corrected chi connectivity index (χ2v) is 8.61. The number of hydrogen-bond acceptors (Lipinski definition) is 5. The summed E-state index contributed by atoms with van der Waals surface area (Å²) in [5, 5.41) is 13.1. The molecule has 0 N–H and O–H groups in total. The van der Waals surface area contributed by atoms with Gasteiger partial charge in [-0.05, 0) is 42.8 Å². The monoisotopic (exact) mass is 366 g/mol. The zero-order chi connectivity index (χ0) is 17.5. The van der Waals surface area contributed by atoms with Crippen LogP contribution < -0.4 is 0 Å². The Balaban J connectivity index is 2.09. The predicted molar refractivity (Wildman–Crippen MR) is 92.8 cm³/mol. The highest BCUT2D eigenvalue weighted by Gasteiger charge is 2.37. The van der Waals surface area contributed by atoms with Gasteiger partial charge in [-0.25, -0.2) is 8.42 Å². The predicted octanol–water partition coefficient (Wildman–Crippen LogP) is 3.66. The van der Waals surface area contributed by atoms with E-state index in [1.165, 1.54) is 34.3 Å². The maximum absolute atomic E-state index is 13.2. The molecule has 0 saturated carbocycles. The van der Waals surface area contributed by atoms with Gasteiger partial charge in [0.05, 0.1) is 15.9 Å². The van der Waals surface area contributed by atoms with Gasteiger partial charge >= 0.3 is 0 Å². The molecule has 0 aliphatic carbocycles. The summed E-state index contributed by atoms with van der Waals surface area (Å²) in [6, 6.07) is 5.98. The minimum absolute atomic E-state index is 0.0221. The fraction of sp³-hybridized carbons (Fsp3) is 0.375. The lowest BCUT2D eigenvalue weighted by Crippen LogP contribution is -2.39. The lowest BCUT2D eigenvalue weighted by molar-refractivity contribution is -0.385. The molecule has 2 aromatic rings. The van der Waals surface area contributed by atoms with Crippen LogP contribution in [0.15, 0.2) is 34.5 Å². The highest BCUT2D eigenvalue weighted by molar-refractivity contribution is 7.89. The molecule has 0 fully saturated rings. The summed E-state index contributed by atoms with van der Waals surface area (Å²) < 4.78 is 27.9. The molecule has 3 rings (SSSR count). The van der Waals surface area contributed by atoms with Gasteiger partial charge in [0.1, 0.15) is 0 Å². The topological polar surface area (TPSA) is 80.5 Å². The van der Waals surface area contributed by atoms with Crippen LogP contribution in [-0.4, -0.2) is 24.2 Å². The van der Waals surface area contributed by atoms with E-state index in [-0.39, 0.29) is 22.2 Å². The van der Waals surface area contributed by atoms with E-state index >= 15 is 0 Å². The second-order valence-electron chi connectivity index (χ2n) is 5.75. The molecule has 0 saturated heterocycles. The number of fused-ring (bicyclic) bond motifs is 1. The van der Waals surface area contributed by atoms with Gasteiger partial charge in [0.15, 0.2) is 0 Å². The molecular weight excluding hydrogens is 348 g/mol. The summed E-state index contributed by atoms with van der Waals surface area (Å²) in [6.07, 6.45) is 1.34. The van der Waals surface area contributed by atoms with Crippen molar-refractivity contribution in [2.24, 2.45) is 0 Å². The van der Waals surface area contributed by atoms with E-state index in [9.17, 15) is 18.5 Å². The number of benzene rings is 1. The zero-order valence-corrected chi connectivity index (χ0v) is 15.1. The zero-order valence-electron chi connectivity index (χ0n) is 13.4. The van der Waals surface area contributed by atoms with Crippen LogP contribution in [-0.2, 0) is 16.4 Å². The van der Waals surface area contributed by atoms with Crippen LogP contribution in [0.5, 0.6) is 0 Å². The smallest absolute Gasteiger partial charge is 0.258 e. The standard InChI is InChI=1S/C16H18N2O4S2/c1-3-13-12-8-10-23-15(12)7-9-17(13)24(21,22)16-6-4-5-14(11(16)2)18(19)20/h4-6,8,10,13H,3,7,9H2,1-2H3. The second kappa shape index (κ2) is 6.27. The SMILES string of the molecule is CCC1c2ccsc2CCN1S(=O)(=O)c1cccc([N+](=O)[O-])c1C. The van der Waals surface area contributed by atoms with E-state index in [0.717, 1.165) is 5.56 Å². The van der Waals surface area contributed by atoms with Crippen LogP contribution in [0.25, 0.3) is 0 Å². The van der Waals surface area contributed by atoms with Crippen molar-refractivity contribution < 1.29 is 13.3 Å². The molecule has 6 nitrogen and oxygen atoms in total. The molecule has 24 heavy (non-hydrogen) atoms. The van der Waals surface area contributed by atoms with Gasteiger partial charge in [0.2, 0.25) is 10.0 Å². The van der Waals surface area contributed by atoms with E-state index < -0.39 is 14.9 Å². The molecule has 8 heteroatoms. The van der Waals surface area contributed by atoms with Gasteiger partial charge in [0.25, 0.3) is 5.69 Å². The molecule has 1 aromatic heterocycles. The average molecular weight is 366 g/mol. The molecule has 1 aliphatic heterocycles. The Morgan fingerprint density at radius 1 is 1.38 bits per heavy atom. The van der Waals surface area contributed by atoms with Crippen molar-refractivity contribution in [1.82, 2.24) is 4.31 Å². The summed E-state index contributed by atoms with van der Waals surface area (Å²) in [5.74, 6) is 0. The molecule has 1 aliphatic rings. The van der Waals surface area contributed by atoms with Gasteiger partial charge in [0, 0.05) is 23.1 Å². The fourth-order valence-electron chi connectivity index (χ4n) is 3.29. The molecule has 1 atom stereocenters. The van der Waals surface area contributed by atoms with E-state index in [4.69, 9.17) is 0 Å². The number of thiophene rings is 1. The van der Waals surface area contributed by atoms with Gasteiger partial charge < -0.3 is 0 Å². The van der Waals surface area contributed by atoms with Crippen molar-refractivity contribution in [1.29, 1.82) is 0 Å². The van der Waals surface area contributed by atoms with Crippen molar-refractivity contribution in [3.63, 3.8) is 0 Å². The molecule has 128 valence electrons. The third kappa shape index (κ3) is 2.64. The number of hydrogen-bond donors (Lipinski definition) is 0. The van der Waals surface area contributed by atoms with E-state index in [1.54, 1.807) is 11.3 Å². The first-order valence-corrected chi connectivity index (χ1v) is 10.0. The third-order valence-corrected chi connectivity index (χ3v) is 7.52. The Morgan fingerprint density at radius 2 is 2.12 bits per heavy atom. The Labute approximate surface area is 144 Å². The summed E-state index contributed by atoms with van der Waals surface area (Å²) >= 11 is 1.65. The van der Waals surface area contributed by atoms with Crippen LogP contribution in [0.3, 0.4) is 0 Å². The quantitative estimate of drug-likeness (QED) is 0.611. The van der Waals surface area contributed by atoms with Crippen LogP contribution >= 0.6 is 11.3 Å². The van der Waals surface area contributed by atoms with Gasteiger partial charge in [-0.1, -0.05) is 13.0 Å². The summed E-state index contributed by atoms with van der Waals surface area (Å²) in [7, 11) is -3.80. The minimum Gasteiger partial charge on any atom is -0.258 e. The number of nitro benzene ring substituents is 1. The molecule has 0 radical (unpaired) electrons. The minimum atomic E-state index is -3.80. The highest BCUT2D eigenvalue weighted by Crippen LogP contribution is 2.39. The van der Waals surface area contributed by atoms with E-state index in [2.05, 4.69) is 0 Å². The first kappa shape index (κ1) is 17.1. The van der Waals surface area contributed by atoms with Gasteiger partial charge in [-0.2, -0.15) is 4.31 Å². The maximum Gasteiger partial charge on any atom is 0.273 e.